The summed E-state index contributed by atoms with van der Waals surface area (Å²) in [6.45, 7) is 3.26. The Kier molecular flexibility index (Phi) is 5.45. The highest BCUT2D eigenvalue weighted by molar-refractivity contribution is 7.13. The second-order valence-corrected chi connectivity index (χ2v) is 7.57. The lowest BCUT2D eigenvalue weighted by atomic mass is 10.1. The summed E-state index contributed by atoms with van der Waals surface area (Å²) in [6.07, 6.45) is 0. The van der Waals surface area contributed by atoms with Crippen LogP contribution in [0.15, 0.2) is 53.9 Å². The van der Waals surface area contributed by atoms with Gasteiger partial charge in [0.2, 0.25) is 0 Å². The van der Waals surface area contributed by atoms with E-state index < -0.39 is 11.6 Å². The van der Waals surface area contributed by atoms with Gasteiger partial charge in [-0.3, -0.25) is 9.69 Å². The standard InChI is InChI=1S/C21H19F2N3OS/c22-18-7-6-16(12-19(18)23)21(27)26-10-8-25(9-11-26)13-17-14-28-20(24-17)15-4-2-1-3-5-15/h1-7,12,14H,8-11,13H2. The van der Waals surface area contributed by atoms with E-state index in [-0.39, 0.29) is 11.5 Å². The Morgan fingerprint density at radius 2 is 1.75 bits per heavy atom. The monoisotopic (exact) mass is 399 g/mol. The van der Waals surface area contributed by atoms with Crippen LogP contribution in [-0.4, -0.2) is 46.9 Å². The number of thiazole rings is 1. The average molecular weight is 399 g/mol. The summed E-state index contributed by atoms with van der Waals surface area (Å²) in [6, 6.07) is 13.4. The lowest BCUT2D eigenvalue weighted by Crippen LogP contribution is -2.48. The number of rotatable bonds is 4. The summed E-state index contributed by atoms with van der Waals surface area (Å²) in [7, 11) is 0. The molecular formula is C21H19F2N3OS. The van der Waals surface area contributed by atoms with Crippen molar-refractivity contribution < 1.29 is 13.6 Å². The summed E-state index contributed by atoms with van der Waals surface area (Å²) < 4.78 is 26.4. The van der Waals surface area contributed by atoms with Crippen LogP contribution in [0.3, 0.4) is 0 Å². The number of carbonyl (C=O) groups excluding carboxylic acids is 1. The molecule has 1 aliphatic heterocycles. The molecular weight excluding hydrogens is 380 g/mol. The van der Waals surface area contributed by atoms with Crippen molar-refractivity contribution in [2.24, 2.45) is 0 Å². The predicted octanol–water partition coefficient (Wildman–Crippen LogP) is 4.05. The molecule has 0 aliphatic carbocycles. The van der Waals surface area contributed by atoms with Crippen LogP contribution in [0.1, 0.15) is 16.1 Å². The first-order valence-electron chi connectivity index (χ1n) is 9.06. The molecule has 3 aromatic rings. The molecule has 2 aromatic carbocycles. The molecule has 0 atom stereocenters. The summed E-state index contributed by atoms with van der Waals surface area (Å²) in [5.41, 5.74) is 2.31. The fourth-order valence-corrected chi connectivity index (χ4v) is 4.06. The van der Waals surface area contributed by atoms with Gasteiger partial charge in [-0.25, -0.2) is 13.8 Å². The maximum absolute atomic E-state index is 13.4. The van der Waals surface area contributed by atoms with Gasteiger partial charge in [-0.05, 0) is 18.2 Å². The van der Waals surface area contributed by atoms with Crippen LogP contribution in [0.5, 0.6) is 0 Å². The molecule has 0 radical (unpaired) electrons. The first-order valence-corrected chi connectivity index (χ1v) is 9.94. The van der Waals surface area contributed by atoms with Gasteiger partial charge in [-0.15, -0.1) is 11.3 Å². The normalized spacial score (nSPS) is 15.0. The maximum Gasteiger partial charge on any atom is 0.254 e. The topological polar surface area (TPSA) is 36.4 Å². The van der Waals surface area contributed by atoms with E-state index in [9.17, 15) is 13.6 Å². The van der Waals surface area contributed by atoms with E-state index in [4.69, 9.17) is 4.98 Å². The summed E-state index contributed by atoms with van der Waals surface area (Å²) in [5, 5.41) is 3.07. The highest BCUT2D eigenvalue weighted by Crippen LogP contribution is 2.24. The van der Waals surface area contributed by atoms with Crippen LogP contribution in [-0.2, 0) is 6.54 Å². The molecule has 0 N–H and O–H groups in total. The number of hydrogen-bond donors (Lipinski definition) is 0. The van der Waals surface area contributed by atoms with Crippen molar-refractivity contribution in [3.63, 3.8) is 0 Å². The average Bonchev–Trinajstić information content (AvgIpc) is 3.19. The summed E-state index contributed by atoms with van der Waals surface area (Å²) in [4.78, 5) is 21.1. The second-order valence-electron chi connectivity index (χ2n) is 6.71. The Labute approximate surface area is 166 Å². The molecule has 2 heterocycles. The quantitative estimate of drug-likeness (QED) is 0.664. The van der Waals surface area contributed by atoms with Crippen LogP contribution < -0.4 is 0 Å². The molecule has 0 unspecified atom stereocenters. The molecule has 144 valence electrons. The largest absolute Gasteiger partial charge is 0.336 e. The minimum absolute atomic E-state index is 0.180. The Bertz CT molecular complexity index is 969. The van der Waals surface area contributed by atoms with Gasteiger partial charge in [0.25, 0.3) is 5.91 Å². The number of aromatic nitrogens is 1. The highest BCUT2D eigenvalue weighted by atomic mass is 32.1. The molecule has 1 fully saturated rings. The van der Waals surface area contributed by atoms with E-state index in [0.717, 1.165) is 34.9 Å². The molecule has 0 saturated carbocycles. The molecule has 1 amide bonds. The molecule has 4 rings (SSSR count). The molecule has 28 heavy (non-hydrogen) atoms. The third-order valence-electron chi connectivity index (χ3n) is 4.78. The maximum atomic E-state index is 13.4. The Morgan fingerprint density at radius 1 is 1.00 bits per heavy atom. The number of hydrogen-bond acceptors (Lipinski definition) is 4. The van der Waals surface area contributed by atoms with Gasteiger partial charge in [0, 0.05) is 49.2 Å². The SMILES string of the molecule is O=C(c1ccc(F)c(F)c1)N1CCN(Cc2csc(-c3ccccc3)n2)CC1. The molecule has 1 aliphatic rings. The molecule has 7 heteroatoms. The van der Waals surface area contributed by atoms with Gasteiger partial charge in [-0.2, -0.15) is 0 Å². The molecule has 1 aromatic heterocycles. The lowest BCUT2D eigenvalue weighted by molar-refractivity contribution is 0.0626. The van der Waals surface area contributed by atoms with E-state index in [1.165, 1.54) is 6.07 Å². The van der Waals surface area contributed by atoms with Gasteiger partial charge in [0.15, 0.2) is 11.6 Å². The Morgan fingerprint density at radius 3 is 2.46 bits per heavy atom. The van der Waals surface area contributed by atoms with Crippen LogP contribution >= 0.6 is 11.3 Å². The van der Waals surface area contributed by atoms with Crippen LogP contribution in [0.4, 0.5) is 8.78 Å². The Balaban J connectivity index is 1.34. The molecule has 0 spiro atoms. The minimum Gasteiger partial charge on any atom is -0.336 e. The second kappa shape index (κ2) is 8.16. The van der Waals surface area contributed by atoms with Crippen molar-refractivity contribution in [1.82, 2.24) is 14.8 Å². The zero-order valence-corrected chi connectivity index (χ0v) is 16.0. The number of benzene rings is 2. The highest BCUT2D eigenvalue weighted by Gasteiger charge is 2.23. The van der Waals surface area contributed by atoms with E-state index in [1.807, 2.05) is 30.3 Å². The van der Waals surface area contributed by atoms with Gasteiger partial charge in [0.1, 0.15) is 5.01 Å². The third kappa shape index (κ3) is 4.10. The van der Waals surface area contributed by atoms with E-state index in [2.05, 4.69) is 10.3 Å². The first-order chi connectivity index (χ1) is 13.6. The molecule has 1 saturated heterocycles. The van der Waals surface area contributed by atoms with E-state index in [0.29, 0.717) is 26.2 Å². The number of halogens is 2. The van der Waals surface area contributed by atoms with Crippen molar-refractivity contribution in [2.75, 3.05) is 26.2 Å². The van der Waals surface area contributed by atoms with Gasteiger partial charge >= 0.3 is 0 Å². The molecule has 4 nitrogen and oxygen atoms in total. The number of piperazine rings is 1. The van der Waals surface area contributed by atoms with Crippen LogP contribution in [0.25, 0.3) is 10.6 Å². The van der Waals surface area contributed by atoms with Crippen molar-refractivity contribution in [2.45, 2.75) is 6.54 Å². The van der Waals surface area contributed by atoms with Gasteiger partial charge < -0.3 is 4.90 Å². The Hall–Kier alpha value is -2.64. The predicted molar refractivity (Wildman–Crippen MR) is 105 cm³/mol. The smallest absolute Gasteiger partial charge is 0.254 e. The summed E-state index contributed by atoms with van der Waals surface area (Å²) >= 11 is 1.63. The van der Waals surface area contributed by atoms with Crippen molar-refractivity contribution in [3.8, 4) is 10.6 Å². The van der Waals surface area contributed by atoms with Crippen molar-refractivity contribution in [3.05, 3.63) is 76.8 Å². The number of carbonyl (C=O) groups is 1. The fraction of sp³-hybridized carbons (Fsp3) is 0.238. The van der Waals surface area contributed by atoms with Gasteiger partial charge in [-0.1, -0.05) is 30.3 Å². The zero-order chi connectivity index (χ0) is 19.5. The van der Waals surface area contributed by atoms with E-state index in [1.54, 1.807) is 16.2 Å². The lowest BCUT2D eigenvalue weighted by Gasteiger charge is -2.34. The summed E-state index contributed by atoms with van der Waals surface area (Å²) in [5.74, 6) is -2.21. The van der Waals surface area contributed by atoms with Crippen LogP contribution in [0.2, 0.25) is 0 Å². The van der Waals surface area contributed by atoms with Crippen molar-refractivity contribution >= 4 is 17.2 Å². The van der Waals surface area contributed by atoms with Crippen molar-refractivity contribution in [1.29, 1.82) is 0 Å². The number of amides is 1. The number of nitrogens with zero attached hydrogens (tertiary/aromatic N) is 3. The first kappa shape index (κ1) is 18.7. The minimum atomic E-state index is -0.998. The fourth-order valence-electron chi connectivity index (χ4n) is 3.24. The molecule has 0 bridgehead atoms. The third-order valence-corrected chi connectivity index (χ3v) is 5.72. The van der Waals surface area contributed by atoms with E-state index >= 15 is 0 Å². The van der Waals surface area contributed by atoms with Gasteiger partial charge in [0.05, 0.1) is 5.69 Å². The zero-order valence-electron chi connectivity index (χ0n) is 15.1. The van der Waals surface area contributed by atoms with Crippen LogP contribution in [0, 0.1) is 11.6 Å².